The number of amides is 2. The fourth-order valence-electron chi connectivity index (χ4n) is 6.39. The van der Waals surface area contributed by atoms with Crippen LogP contribution in [0.5, 0.6) is 0 Å². The zero-order valence-electron chi connectivity index (χ0n) is 20.1. The van der Waals surface area contributed by atoms with Gasteiger partial charge in [-0.2, -0.15) is 0 Å². The average molecular weight is 499 g/mol. The number of fused-ring (bicyclic) bond motifs is 6. The van der Waals surface area contributed by atoms with Gasteiger partial charge < -0.3 is 9.47 Å². The molecule has 4 atom stereocenters. The molecule has 8 heteroatoms. The largest absolute Gasteiger partial charge is 0.462 e. The number of benzene rings is 3. The minimum atomic E-state index is -0.920. The average Bonchev–Trinajstić information content (AvgIpc) is 3.48. The summed E-state index contributed by atoms with van der Waals surface area (Å²) in [5.74, 6) is -3.00. The second-order valence-electron chi connectivity index (χ2n) is 10.1. The highest BCUT2D eigenvalue weighted by Crippen LogP contribution is 2.62. The normalized spacial score (nSPS) is 28.0. The third-order valence-corrected chi connectivity index (χ3v) is 8.09. The van der Waals surface area contributed by atoms with E-state index >= 15 is 0 Å². The van der Waals surface area contributed by atoms with Gasteiger partial charge in [0.1, 0.15) is 5.82 Å². The zero-order valence-corrected chi connectivity index (χ0v) is 20.1. The van der Waals surface area contributed by atoms with Crippen LogP contribution in [0.4, 0.5) is 15.8 Å². The van der Waals surface area contributed by atoms with E-state index in [-0.39, 0.29) is 30.4 Å². The van der Waals surface area contributed by atoms with Crippen LogP contribution in [-0.4, -0.2) is 35.6 Å². The lowest BCUT2D eigenvalue weighted by Crippen LogP contribution is -2.43. The van der Waals surface area contributed by atoms with Gasteiger partial charge in [0.2, 0.25) is 11.8 Å². The maximum absolute atomic E-state index is 13.9. The Hall–Kier alpha value is -4.09. The molecule has 3 saturated heterocycles. The van der Waals surface area contributed by atoms with Crippen LogP contribution in [0.2, 0.25) is 0 Å². The first-order valence-electron chi connectivity index (χ1n) is 12.2. The van der Waals surface area contributed by atoms with Gasteiger partial charge in [0.15, 0.2) is 5.69 Å². The van der Waals surface area contributed by atoms with Gasteiger partial charge in [-0.25, -0.2) is 18.9 Å². The summed E-state index contributed by atoms with van der Waals surface area (Å²) in [6.45, 7) is 9.34. The van der Waals surface area contributed by atoms with E-state index in [2.05, 4.69) is 4.85 Å². The van der Waals surface area contributed by atoms with Crippen molar-refractivity contribution in [2.45, 2.75) is 37.4 Å². The number of rotatable bonds is 5. The van der Waals surface area contributed by atoms with Gasteiger partial charge in [0, 0.05) is 6.42 Å². The van der Waals surface area contributed by atoms with E-state index in [1.807, 2.05) is 31.2 Å². The highest BCUT2D eigenvalue weighted by atomic mass is 19.1. The number of esters is 1. The van der Waals surface area contributed by atoms with Crippen molar-refractivity contribution in [3.8, 4) is 0 Å². The number of hydrogen-bond acceptors (Lipinski definition) is 5. The molecule has 3 aliphatic heterocycles. The minimum Gasteiger partial charge on any atom is -0.462 e. The molecule has 186 valence electrons. The molecule has 3 aliphatic rings. The lowest BCUT2D eigenvalue weighted by molar-refractivity contribution is -0.131. The van der Waals surface area contributed by atoms with E-state index in [0.717, 1.165) is 0 Å². The molecule has 37 heavy (non-hydrogen) atoms. The second-order valence-corrected chi connectivity index (χ2v) is 10.1. The first-order valence-corrected chi connectivity index (χ1v) is 12.2. The number of hydrogen-bond donors (Lipinski definition) is 0. The van der Waals surface area contributed by atoms with Crippen molar-refractivity contribution in [2.24, 2.45) is 11.8 Å². The Labute approximate surface area is 212 Å². The van der Waals surface area contributed by atoms with Crippen molar-refractivity contribution in [1.29, 1.82) is 0 Å². The number of carbonyl (C=O) groups is 3. The van der Waals surface area contributed by atoms with Crippen molar-refractivity contribution in [3.05, 3.63) is 83.5 Å². The number of anilines is 1. The van der Waals surface area contributed by atoms with Gasteiger partial charge in [-0.1, -0.05) is 30.3 Å². The van der Waals surface area contributed by atoms with Crippen LogP contribution < -0.4 is 4.90 Å². The van der Waals surface area contributed by atoms with E-state index in [0.29, 0.717) is 35.0 Å². The minimum absolute atomic E-state index is 0.000385. The summed E-state index contributed by atoms with van der Waals surface area (Å²) in [4.78, 5) is 44.9. The highest BCUT2D eigenvalue weighted by molar-refractivity contribution is 6.26. The SMILES string of the molecule is [C-]#[N+]c1ccc(N2C(=O)[C@@H]3[C@H](C2=O)C2(C)CCC3(CCOC(=O)c3ccc(F)cc3)O2)c2ccccc12. The number of nitrogens with zero attached hydrogens (tertiary/aromatic N) is 2. The molecule has 2 amide bonds. The van der Waals surface area contributed by atoms with Crippen molar-refractivity contribution in [2.75, 3.05) is 11.5 Å². The maximum atomic E-state index is 13.9. The molecule has 0 aromatic heterocycles. The molecule has 0 spiro atoms. The van der Waals surface area contributed by atoms with E-state index in [1.54, 1.807) is 12.1 Å². The number of halogens is 1. The molecule has 3 heterocycles. The molecule has 0 N–H and O–H groups in total. The van der Waals surface area contributed by atoms with Crippen LogP contribution in [0.25, 0.3) is 15.6 Å². The van der Waals surface area contributed by atoms with Crippen molar-refractivity contribution in [1.82, 2.24) is 0 Å². The molecular weight excluding hydrogens is 475 g/mol. The molecule has 0 aliphatic carbocycles. The molecule has 0 radical (unpaired) electrons. The Morgan fingerprint density at radius 1 is 1.05 bits per heavy atom. The summed E-state index contributed by atoms with van der Waals surface area (Å²) in [5.41, 5.74) is -0.564. The monoisotopic (exact) mass is 498 g/mol. The Kier molecular flexibility index (Phi) is 5.18. The smallest absolute Gasteiger partial charge is 0.338 e. The van der Waals surface area contributed by atoms with Crippen LogP contribution in [0.15, 0.2) is 60.7 Å². The molecular formula is C29H23FN2O5. The molecule has 3 aromatic rings. The molecule has 7 nitrogen and oxygen atoms in total. The summed E-state index contributed by atoms with van der Waals surface area (Å²) in [6.07, 6.45) is 1.45. The topological polar surface area (TPSA) is 77.3 Å². The summed E-state index contributed by atoms with van der Waals surface area (Å²) >= 11 is 0. The van der Waals surface area contributed by atoms with Gasteiger partial charge in [0.25, 0.3) is 0 Å². The molecule has 3 aromatic carbocycles. The Morgan fingerprint density at radius 3 is 2.49 bits per heavy atom. The lowest BCUT2D eigenvalue weighted by atomic mass is 9.67. The summed E-state index contributed by atoms with van der Waals surface area (Å²) in [6, 6.07) is 15.6. The molecule has 0 saturated carbocycles. The first-order chi connectivity index (χ1) is 17.8. The predicted octanol–water partition coefficient (Wildman–Crippen LogP) is 5.20. The third-order valence-electron chi connectivity index (χ3n) is 8.09. The van der Waals surface area contributed by atoms with Crippen LogP contribution in [0, 0.1) is 24.2 Å². The number of carbonyl (C=O) groups excluding carboxylic acids is 3. The quantitative estimate of drug-likeness (QED) is 0.274. The molecule has 2 unspecified atom stereocenters. The Balaban J connectivity index is 1.29. The fraction of sp³-hybridized carbons (Fsp3) is 0.310. The molecule has 3 fully saturated rings. The Bertz CT molecular complexity index is 1510. The van der Waals surface area contributed by atoms with E-state index < -0.39 is 34.8 Å². The first kappa shape index (κ1) is 23.3. The van der Waals surface area contributed by atoms with Gasteiger partial charge in [-0.15, -0.1) is 0 Å². The third kappa shape index (κ3) is 3.38. The van der Waals surface area contributed by atoms with Gasteiger partial charge >= 0.3 is 5.97 Å². The van der Waals surface area contributed by atoms with Crippen molar-refractivity contribution >= 4 is 39.9 Å². The van der Waals surface area contributed by atoms with Crippen LogP contribution >= 0.6 is 0 Å². The second kappa shape index (κ2) is 8.22. The molecule has 2 bridgehead atoms. The summed E-state index contributed by atoms with van der Waals surface area (Å²) in [7, 11) is 0. The highest BCUT2D eigenvalue weighted by Gasteiger charge is 2.73. The standard InChI is InChI=1S/C29H23FN2O5/c1-28-13-14-29(37-28,15-16-36-27(35)17-7-9-18(30)10-8-17)24-23(28)25(33)32(26(24)34)22-12-11-21(31-2)19-5-3-4-6-20(19)22/h3-12,23-24H,13-16H2,1H3/t23-,24+,28?,29?/m1/s1. The molecule has 6 rings (SSSR count). The van der Waals surface area contributed by atoms with E-state index in [1.165, 1.54) is 29.2 Å². The van der Waals surface area contributed by atoms with E-state index in [4.69, 9.17) is 16.0 Å². The fourth-order valence-corrected chi connectivity index (χ4v) is 6.39. The number of imide groups is 1. The van der Waals surface area contributed by atoms with Crippen LogP contribution in [0.1, 0.15) is 36.5 Å². The van der Waals surface area contributed by atoms with Crippen molar-refractivity contribution < 1.29 is 28.2 Å². The maximum Gasteiger partial charge on any atom is 0.338 e. The predicted molar refractivity (Wildman–Crippen MR) is 132 cm³/mol. The van der Waals surface area contributed by atoms with E-state index in [9.17, 15) is 18.8 Å². The van der Waals surface area contributed by atoms with Gasteiger partial charge in [-0.05, 0) is 60.9 Å². The van der Waals surface area contributed by atoms with Gasteiger partial charge in [-0.3, -0.25) is 9.59 Å². The Morgan fingerprint density at radius 2 is 1.76 bits per heavy atom. The van der Waals surface area contributed by atoms with Crippen LogP contribution in [0.3, 0.4) is 0 Å². The zero-order chi connectivity index (χ0) is 25.9. The summed E-state index contributed by atoms with van der Waals surface area (Å²) < 4.78 is 25.0. The summed E-state index contributed by atoms with van der Waals surface area (Å²) in [5, 5.41) is 1.35. The lowest BCUT2D eigenvalue weighted by Gasteiger charge is -2.31. The van der Waals surface area contributed by atoms with Crippen molar-refractivity contribution in [3.63, 3.8) is 0 Å². The van der Waals surface area contributed by atoms with Gasteiger partial charge in [0.05, 0.1) is 47.5 Å². The van der Waals surface area contributed by atoms with Crippen LogP contribution in [-0.2, 0) is 19.1 Å². The number of ether oxygens (including phenoxy) is 2.